The Morgan fingerprint density at radius 3 is 3.14 bits per heavy atom. The van der Waals surface area contributed by atoms with Gasteiger partial charge in [-0.2, -0.15) is 0 Å². The van der Waals surface area contributed by atoms with Gasteiger partial charge in [0.2, 0.25) is 0 Å². The van der Waals surface area contributed by atoms with E-state index in [9.17, 15) is 0 Å². The highest BCUT2D eigenvalue weighted by molar-refractivity contribution is 6.01. The lowest BCUT2D eigenvalue weighted by molar-refractivity contribution is 1.22. The van der Waals surface area contributed by atoms with Crippen LogP contribution in [0.4, 0.5) is 5.69 Å². The molecule has 0 aliphatic carbocycles. The van der Waals surface area contributed by atoms with E-state index in [1.165, 1.54) is 0 Å². The fourth-order valence-electron chi connectivity index (χ4n) is 1.82. The molecule has 0 saturated carbocycles. The van der Waals surface area contributed by atoms with Crippen LogP contribution in [0, 0.1) is 0 Å². The molecule has 0 amide bonds. The van der Waals surface area contributed by atoms with Gasteiger partial charge < -0.3 is 10.3 Å². The minimum atomic E-state index is 0.776. The molecule has 0 saturated heterocycles. The van der Waals surface area contributed by atoms with Gasteiger partial charge in [-0.15, -0.1) is 0 Å². The molecule has 0 fully saturated rings. The minimum absolute atomic E-state index is 0.776. The van der Waals surface area contributed by atoms with E-state index in [-0.39, 0.29) is 0 Å². The molecule has 14 heavy (non-hydrogen) atoms. The van der Waals surface area contributed by atoms with Crippen LogP contribution >= 0.6 is 0 Å². The molecule has 68 valence electrons. The van der Waals surface area contributed by atoms with Crippen molar-refractivity contribution in [2.24, 2.45) is 4.99 Å². The van der Waals surface area contributed by atoms with Gasteiger partial charge in [0.25, 0.3) is 0 Å². The van der Waals surface area contributed by atoms with Crippen molar-refractivity contribution in [1.29, 1.82) is 0 Å². The van der Waals surface area contributed by atoms with E-state index < -0.39 is 0 Å². The number of aliphatic imine (C=N–C) groups is 1. The van der Waals surface area contributed by atoms with Crippen molar-refractivity contribution >= 4 is 29.0 Å². The van der Waals surface area contributed by atoms with E-state index in [1.807, 2.05) is 30.7 Å². The predicted octanol–water partition coefficient (Wildman–Crippen LogP) is 2.08. The Bertz CT molecular complexity index is 561. The van der Waals surface area contributed by atoms with Gasteiger partial charge in [0.1, 0.15) is 0 Å². The first kappa shape index (κ1) is 7.38. The summed E-state index contributed by atoms with van der Waals surface area (Å²) < 4.78 is 2.05. The number of rotatable bonds is 0. The Morgan fingerprint density at radius 1 is 1.29 bits per heavy atom. The molecule has 2 heterocycles. The molecular formula is C11H9N3. The van der Waals surface area contributed by atoms with Crippen molar-refractivity contribution in [2.45, 2.75) is 0 Å². The molecule has 3 nitrogen and oxygen atoms in total. The molecule has 1 aromatic carbocycles. The quantitative estimate of drug-likeness (QED) is 0.624. The molecule has 2 N–H and O–H groups in total. The first-order valence-corrected chi connectivity index (χ1v) is 4.44. The molecule has 0 spiro atoms. The highest BCUT2D eigenvalue weighted by Crippen LogP contribution is 2.24. The average Bonchev–Trinajstić information content (AvgIpc) is 2.43. The monoisotopic (exact) mass is 183 g/mol. The lowest BCUT2D eigenvalue weighted by atomic mass is 10.1. The Labute approximate surface area is 81.2 Å². The zero-order valence-electron chi connectivity index (χ0n) is 7.51. The lowest BCUT2D eigenvalue weighted by Gasteiger charge is -2.01. The van der Waals surface area contributed by atoms with E-state index in [0.717, 1.165) is 22.2 Å². The highest BCUT2D eigenvalue weighted by atomic mass is 15.0. The summed E-state index contributed by atoms with van der Waals surface area (Å²) in [5, 5.41) is 1.15. The topological polar surface area (TPSA) is 43.3 Å². The van der Waals surface area contributed by atoms with Crippen LogP contribution in [0.25, 0.3) is 17.1 Å². The Hall–Kier alpha value is -2.03. The number of anilines is 1. The number of hydrogen-bond donors (Lipinski definition) is 1. The van der Waals surface area contributed by atoms with Crippen molar-refractivity contribution < 1.29 is 0 Å². The molecule has 1 aliphatic heterocycles. The lowest BCUT2D eigenvalue weighted by Crippen LogP contribution is -1.91. The van der Waals surface area contributed by atoms with Crippen molar-refractivity contribution in [3.8, 4) is 0 Å². The van der Waals surface area contributed by atoms with E-state index in [0.29, 0.717) is 0 Å². The zero-order chi connectivity index (χ0) is 9.54. The van der Waals surface area contributed by atoms with Gasteiger partial charge >= 0.3 is 0 Å². The Morgan fingerprint density at radius 2 is 2.21 bits per heavy atom. The van der Waals surface area contributed by atoms with Gasteiger partial charge in [-0.25, -0.2) is 0 Å². The fraction of sp³-hybridized carbons (Fsp3) is 0. The van der Waals surface area contributed by atoms with Gasteiger partial charge in [0.05, 0.1) is 5.52 Å². The Kier molecular flexibility index (Phi) is 1.31. The number of nitrogens with two attached hydrogens (primary N) is 1. The maximum atomic E-state index is 5.79. The number of aromatic nitrogens is 1. The summed E-state index contributed by atoms with van der Waals surface area (Å²) in [7, 11) is 0. The summed E-state index contributed by atoms with van der Waals surface area (Å²) in [5.41, 5.74) is 8.80. The maximum absolute atomic E-state index is 5.79. The van der Waals surface area contributed by atoms with E-state index >= 15 is 0 Å². The van der Waals surface area contributed by atoms with Crippen molar-refractivity contribution in [2.75, 3.05) is 5.73 Å². The van der Waals surface area contributed by atoms with Crippen LogP contribution < -0.4 is 5.73 Å². The molecular weight excluding hydrogens is 174 g/mol. The van der Waals surface area contributed by atoms with Crippen LogP contribution in [0.3, 0.4) is 0 Å². The number of hydrogen-bond acceptors (Lipinski definition) is 2. The predicted molar refractivity (Wildman–Crippen MR) is 59.3 cm³/mol. The number of nitrogens with zero attached hydrogens (tertiary/aromatic N) is 2. The summed E-state index contributed by atoms with van der Waals surface area (Å²) in [6, 6.07) is 5.97. The second kappa shape index (κ2) is 2.48. The zero-order valence-corrected chi connectivity index (χ0v) is 7.51. The van der Waals surface area contributed by atoms with Crippen molar-refractivity contribution in [3.63, 3.8) is 0 Å². The number of nitrogen functional groups attached to an aromatic ring is 1. The molecule has 3 heteroatoms. The minimum Gasteiger partial charge on any atom is -0.399 e. The van der Waals surface area contributed by atoms with E-state index in [2.05, 4.69) is 15.6 Å². The Balaban J connectivity index is 2.53. The maximum Gasteiger partial charge on any atom is 0.0612 e. The van der Waals surface area contributed by atoms with Crippen molar-refractivity contribution in [1.82, 2.24) is 4.57 Å². The molecule has 0 unspecified atom stereocenters. The van der Waals surface area contributed by atoms with E-state index in [1.54, 1.807) is 6.20 Å². The summed E-state index contributed by atoms with van der Waals surface area (Å²) in [6.07, 6.45) is 7.55. The third-order valence-corrected chi connectivity index (χ3v) is 2.39. The van der Waals surface area contributed by atoms with Crippen LogP contribution in [-0.4, -0.2) is 10.8 Å². The first-order valence-electron chi connectivity index (χ1n) is 4.44. The van der Waals surface area contributed by atoms with Crippen LogP contribution in [0.2, 0.25) is 0 Å². The van der Waals surface area contributed by atoms with Crippen LogP contribution in [0.5, 0.6) is 0 Å². The highest BCUT2D eigenvalue weighted by Gasteiger charge is 2.06. The molecule has 0 atom stereocenters. The van der Waals surface area contributed by atoms with Gasteiger partial charge in [-0.3, -0.25) is 4.99 Å². The summed E-state index contributed by atoms with van der Waals surface area (Å²) in [6.45, 7) is 0. The standard InChI is InChI=1S/C11H9N3/c12-10-5-8-1-3-14-4-2-13-7-9(6-10)11(8)14/h1-7H,12H2. The third kappa shape index (κ3) is 0.893. The number of benzene rings is 1. The smallest absolute Gasteiger partial charge is 0.0612 e. The molecule has 0 radical (unpaired) electrons. The average molecular weight is 183 g/mol. The van der Waals surface area contributed by atoms with E-state index in [4.69, 9.17) is 5.73 Å². The SMILES string of the molecule is Nc1cc2c3c(ccn3C=CN=C2)c1. The fourth-order valence-corrected chi connectivity index (χ4v) is 1.82. The van der Waals surface area contributed by atoms with Gasteiger partial charge in [-0.05, 0) is 18.2 Å². The van der Waals surface area contributed by atoms with Crippen molar-refractivity contribution in [3.05, 3.63) is 36.2 Å². The molecule has 1 aromatic heterocycles. The first-order chi connectivity index (χ1) is 6.84. The van der Waals surface area contributed by atoms with Crippen LogP contribution in [0.1, 0.15) is 5.56 Å². The second-order valence-corrected chi connectivity index (χ2v) is 3.35. The summed E-state index contributed by atoms with van der Waals surface area (Å²) in [4.78, 5) is 4.14. The van der Waals surface area contributed by atoms with Gasteiger partial charge in [0.15, 0.2) is 0 Å². The summed E-state index contributed by atoms with van der Waals surface area (Å²) in [5.74, 6) is 0. The molecule has 2 aromatic rings. The van der Waals surface area contributed by atoms with Crippen LogP contribution in [0.15, 0.2) is 35.6 Å². The third-order valence-electron chi connectivity index (χ3n) is 2.39. The second-order valence-electron chi connectivity index (χ2n) is 3.35. The molecule has 1 aliphatic rings. The molecule has 0 bridgehead atoms. The molecule has 3 rings (SSSR count). The largest absolute Gasteiger partial charge is 0.399 e. The van der Waals surface area contributed by atoms with Gasteiger partial charge in [0, 0.05) is 41.4 Å². The normalized spacial score (nSPS) is 13.4. The summed E-state index contributed by atoms with van der Waals surface area (Å²) >= 11 is 0. The van der Waals surface area contributed by atoms with Gasteiger partial charge in [-0.1, -0.05) is 0 Å². The van der Waals surface area contributed by atoms with Crippen LogP contribution in [-0.2, 0) is 0 Å².